The summed E-state index contributed by atoms with van der Waals surface area (Å²) in [5.74, 6) is 0.215. The molecular formula is C26H22ClN3O4S2. The van der Waals surface area contributed by atoms with Crippen LogP contribution in [0.4, 0.5) is 10.8 Å². The zero-order valence-corrected chi connectivity index (χ0v) is 21.6. The van der Waals surface area contributed by atoms with Gasteiger partial charge in [-0.1, -0.05) is 35.9 Å². The van der Waals surface area contributed by atoms with Crippen molar-refractivity contribution in [1.82, 2.24) is 4.98 Å². The summed E-state index contributed by atoms with van der Waals surface area (Å²) >= 11 is 7.15. The molecular weight excluding hydrogens is 518 g/mol. The van der Waals surface area contributed by atoms with E-state index in [1.807, 2.05) is 31.2 Å². The van der Waals surface area contributed by atoms with Crippen LogP contribution >= 0.6 is 22.9 Å². The summed E-state index contributed by atoms with van der Waals surface area (Å²) in [5.41, 5.74) is 2.55. The van der Waals surface area contributed by atoms with E-state index >= 15 is 0 Å². The molecule has 1 aromatic heterocycles. The van der Waals surface area contributed by atoms with Crippen LogP contribution in [-0.4, -0.2) is 25.4 Å². The van der Waals surface area contributed by atoms with Crippen LogP contribution in [0.25, 0.3) is 0 Å². The van der Waals surface area contributed by atoms with Crippen molar-refractivity contribution >= 4 is 49.7 Å². The molecule has 7 nitrogen and oxygen atoms in total. The normalized spacial score (nSPS) is 14.9. The molecule has 1 amide bonds. The number of ether oxygens (including phenoxy) is 1. The number of amides is 1. The summed E-state index contributed by atoms with van der Waals surface area (Å²) in [6, 6.07) is 20.3. The third kappa shape index (κ3) is 4.95. The van der Waals surface area contributed by atoms with Gasteiger partial charge in [-0.15, -0.1) is 11.3 Å². The first-order chi connectivity index (χ1) is 17.3. The molecule has 184 valence electrons. The molecule has 1 aliphatic rings. The number of hydrogen-bond donors (Lipinski definition) is 1. The lowest BCUT2D eigenvalue weighted by molar-refractivity contribution is 0.102. The first-order valence-corrected chi connectivity index (χ1v) is 13.9. The van der Waals surface area contributed by atoms with Crippen LogP contribution in [0.2, 0.25) is 5.02 Å². The molecule has 10 heteroatoms. The average molecular weight is 540 g/mol. The predicted octanol–water partition coefficient (Wildman–Crippen LogP) is 5.77. The summed E-state index contributed by atoms with van der Waals surface area (Å²) in [7, 11) is -3.85. The van der Waals surface area contributed by atoms with Crippen LogP contribution in [0.5, 0.6) is 5.75 Å². The number of hydrogen-bond acceptors (Lipinski definition) is 6. The van der Waals surface area contributed by atoms with Gasteiger partial charge in [0.1, 0.15) is 12.4 Å². The fourth-order valence-corrected chi connectivity index (χ4v) is 6.66. The molecule has 3 aromatic carbocycles. The Morgan fingerprint density at radius 2 is 1.92 bits per heavy atom. The SMILES string of the molecule is C[C@@H]1Cc2ccccc2N1S(=O)(=O)c1cccc(C(=O)Nc2nc(COc3ccc(Cl)cc3)cs2)c1. The minimum atomic E-state index is -3.85. The van der Waals surface area contributed by atoms with Crippen molar-refractivity contribution in [2.45, 2.75) is 30.9 Å². The number of aromatic nitrogens is 1. The minimum Gasteiger partial charge on any atom is -0.487 e. The van der Waals surface area contributed by atoms with Crippen molar-refractivity contribution in [3.8, 4) is 5.75 Å². The molecule has 36 heavy (non-hydrogen) atoms. The molecule has 5 rings (SSSR count). The van der Waals surface area contributed by atoms with Gasteiger partial charge in [-0.25, -0.2) is 13.4 Å². The first kappa shape index (κ1) is 24.3. The number of halogens is 1. The van der Waals surface area contributed by atoms with E-state index in [1.165, 1.54) is 27.8 Å². The summed E-state index contributed by atoms with van der Waals surface area (Å²) < 4.78 is 34.2. The number of carbonyl (C=O) groups excluding carboxylic acids is 1. The second-order valence-corrected chi connectivity index (χ2v) is 11.5. The predicted molar refractivity (Wildman–Crippen MR) is 142 cm³/mol. The van der Waals surface area contributed by atoms with E-state index in [1.54, 1.807) is 41.8 Å². The van der Waals surface area contributed by atoms with E-state index in [4.69, 9.17) is 16.3 Å². The summed E-state index contributed by atoms with van der Waals surface area (Å²) in [5, 5.41) is 5.55. The van der Waals surface area contributed by atoms with Gasteiger partial charge in [0, 0.05) is 22.0 Å². The molecule has 0 spiro atoms. The van der Waals surface area contributed by atoms with Crippen molar-refractivity contribution in [3.63, 3.8) is 0 Å². The highest BCUT2D eigenvalue weighted by atomic mass is 35.5. The Kier molecular flexibility index (Phi) is 6.70. The summed E-state index contributed by atoms with van der Waals surface area (Å²) in [4.78, 5) is 17.4. The van der Waals surface area contributed by atoms with E-state index in [2.05, 4.69) is 10.3 Å². The Bertz CT molecular complexity index is 1520. The maximum absolute atomic E-state index is 13.5. The lowest BCUT2D eigenvalue weighted by Crippen LogP contribution is -2.35. The fourth-order valence-electron chi connectivity index (χ4n) is 4.10. The molecule has 4 aromatic rings. The number of carbonyl (C=O) groups is 1. The lowest BCUT2D eigenvalue weighted by atomic mass is 10.1. The number of sulfonamides is 1. The van der Waals surface area contributed by atoms with Crippen molar-refractivity contribution in [2.75, 3.05) is 9.62 Å². The van der Waals surface area contributed by atoms with Crippen molar-refractivity contribution < 1.29 is 17.9 Å². The van der Waals surface area contributed by atoms with Crippen LogP contribution in [0, 0.1) is 0 Å². The highest BCUT2D eigenvalue weighted by Crippen LogP contribution is 2.36. The Morgan fingerprint density at radius 3 is 2.72 bits per heavy atom. The largest absolute Gasteiger partial charge is 0.487 e. The van der Waals surface area contributed by atoms with Gasteiger partial charge >= 0.3 is 0 Å². The quantitative estimate of drug-likeness (QED) is 0.322. The maximum Gasteiger partial charge on any atom is 0.264 e. The van der Waals surface area contributed by atoms with Crippen LogP contribution in [0.3, 0.4) is 0 Å². The summed E-state index contributed by atoms with van der Waals surface area (Å²) in [6.45, 7) is 2.11. The molecule has 0 bridgehead atoms. The summed E-state index contributed by atoms with van der Waals surface area (Å²) in [6.07, 6.45) is 0.643. The number of anilines is 2. The maximum atomic E-state index is 13.5. The topological polar surface area (TPSA) is 88.6 Å². The number of fused-ring (bicyclic) bond motifs is 1. The standard InChI is InChI=1S/C26H22ClN3O4S2/c1-17-13-18-5-2-3-8-24(18)30(17)36(32,33)23-7-4-6-19(14-23)25(31)29-26-28-21(16-35-26)15-34-22-11-9-20(27)10-12-22/h2-12,14,16-17H,13,15H2,1H3,(H,28,29,31)/t17-/m1/s1. The Morgan fingerprint density at radius 1 is 1.14 bits per heavy atom. The highest BCUT2D eigenvalue weighted by Gasteiger charge is 2.36. The van der Waals surface area contributed by atoms with Crippen LogP contribution in [-0.2, 0) is 23.1 Å². The number of thiazole rings is 1. The third-order valence-corrected chi connectivity index (χ3v) is 8.75. The van der Waals surface area contributed by atoms with Crippen molar-refractivity contribution in [2.24, 2.45) is 0 Å². The number of nitrogens with one attached hydrogen (secondary N) is 1. The minimum absolute atomic E-state index is 0.0647. The average Bonchev–Trinajstić information content (AvgIpc) is 3.46. The molecule has 0 saturated heterocycles. The van der Waals surface area contributed by atoms with E-state index in [0.717, 1.165) is 5.56 Å². The van der Waals surface area contributed by atoms with Gasteiger partial charge < -0.3 is 4.74 Å². The molecule has 0 radical (unpaired) electrons. The van der Waals surface area contributed by atoms with Gasteiger partial charge in [0.2, 0.25) is 0 Å². The molecule has 1 aliphatic heterocycles. The second kappa shape index (κ2) is 9.93. The van der Waals surface area contributed by atoms with Crippen LogP contribution in [0.1, 0.15) is 28.5 Å². The van der Waals surface area contributed by atoms with Gasteiger partial charge in [-0.2, -0.15) is 0 Å². The fraction of sp³-hybridized carbons (Fsp3) is 0.154. The molecule has 1 atom stereocenters. The molecule has 1 N–H and O–H groups in total. The number of nitrogens with zero attached hydrogens (tertiary/aromatic N) is 2. The van der Waals surface area contributed by atoms with E-state index in [-0.39, 0.29) is 23.1 Å². The highest BCUT2D eigenvalue weighted by molar-refractivity contribution is 7.92. The molecule has 2 heterocycles. The monoisotopic (exact) mass is 539 g/mol. The number of para-hydroxylation sites is 1. The van der Waals surface area contributed by atoms with Gasteiger partial charge in [0.05, 0.1) is 16.3 Å². The zero-order valence-electron chi connectivity index (χ0n) is 19.2. The first-order valence-electron chi connectivity index (χ1n) is 11.2. The van der Waals surface area contributed by atoms with Gasteiger partial charge in [0.15, 0.2) is 5.13 Å². The van der Waals surface area contributed by atoms with E-state index in [0.29, 0.717) is 33.7 Å². The zero-order chi connectivity index (χ0) is 25.3. The molecule has 0 saturated carbocycles. The second-order valence-electron chi connectivity index (χ2n) is 8.35. The number of rotatable bonds is 7. The third-order valence-electron chi connectivity index (χ3n) is 5.77. The molecule has 0 fully saturated rings. The van der Waals surface area contributed by atoms with Crippen molar-refractivity contribution in [1.29, 1.82) is 0 Å². The molecule has 0 unspecified atom stereocenters. The lowest BCUT2D eigenvalue weighted by Gasteiger charge is -2.24. The van der Waals surface area contributed by atoms with Crippen LogP contribution in [0.15, 0.2) is 83.1 Å². The smallest absolute Gasteiger partial charge is 0.264 e. The van der Waals surface area contributed by atoms with Crippen LogP contribution < -0.4 is 14.4 Å². The van der Waals surface area contributed by atoms with Gasteiger partial charge in [0.25, 0.3) is 15.9 Å². The Balaban J connectivity index is 1.29. The number of benzene rings is 3. The van der Waals surface area contributed by atoms with Gasteiger partial charge in [-0.05, 0) is 67.4 Å². The Hall–Kier alpha value is -3.40. The van der Waals surface area contributed by atoms with Gasteiger partial charge in [-0.3, -0.25) is 14.4 Å². The van der Waals surface area contributed by atoms with E-state index in [9.17, 15) is 13.2 Å². The van der Waals surface area contributed by atoms with Crippen molar-refractivity contribution in [3.05, 3.63) is 100 Å². The Labute approximate surface area is 218 Å². The van der Waals surface area contributed by atoms with E-state index < -0.39 is 15.9 Å². The molecule has 0 aliphatic carbocycles.